The predicted molar refractivity (Wildman–Crippen MR) is 107 cm³/mol. The van der Waals surface area contributed by atoms with Crippen LogP contribution in [0.4, 0.5) is 10.1 Å². The molecule has 144 valence electrons. The third-order valence-electron chi connectivity index (χ3n) is 4.44. The molecule has 2 aromatic heterocycles. The number of nitrogens with zero attached hydrogens (tertiary/aromatic N) is 2. The van der Waals surface area contributed by atoms with Crippen LogP contribution in [0.25, 0.3) is 5.65 Å². The zero-order valence-corrected chi connectivity index (χ0v) is 15.3. The van der Waals surface area contributed by atoms with Crippen LogP contribution >= 0.6 is 0 Å². The lowest BCUT2D eigenvalue weighted by Gasteiger charge is -2.08. The molecule has 0 spiro atoms. The Bertz CT molecular complexity index is 1180. The molecule has 4 rings (SSSR count). The Balaban J connectivity index is 1.37. The fourth-order valence-corrected chi connectivity index (χ4v) is 2.90. The van der Waals surface area contributed by atoms with Crippen molar-refractivity contribution in [3.05, 3.63) is 102 Å². The predicted octanol–water partition coefficient (Wildman–Crippen LogP) is 3.66. The van der Waals surface area contributed by atoms with Gasteiger partial charge in [0.15, 0.2) is 0 Å². The van der Waals surface area contributed by atoms with Gasteiger partial charge in [0.1, 0.15) is 11.5 Å². The van der Waals surface area contributed by atoms with E-state index in [2.05, 4.69) is 15.6 Å². The van der Waals surface area contributed by atoms with Gasteiger partial charge in [0.05, 0.1) is 5.56 Å². The van der Waals surface area contributed by atoms with Gasteiger partial charge in [-0.05, 0) is 54.1 Å². The van der Waals surface area contributed by atoms with E-state index in [1.165, 1.54) is 18.2 Å². The van der Waals surface area contributed by atoms with E-state index in [0.717, 1.165) is 11.2 Å². The fraction of sp³-hybridized carbons (Fsp3) is 0.0455. The molecule has 0 saturated carbocycles. The molecule has 4 aromatic rings. The van der Waals surface area contributed by atoms with E-state index in [1.807, 2.05) is 28.9 Å². The number of carbonyl (C=O) groups excluding carboxylic acids is 2. The van der Waals surface area contributed by atoms with Gasteiger partial charge in [0, 0.05) is 36.4 Å². The molecule has 0 radical (unpaired) electrons. The molecule has 0 saturated heterocycles. The number of aromatic nitrogens is 2. The Morgan fingerprint density at radius 1 is 0.966 bits per heavy atom. The van der Waals surface area contributed by atoms with Crippen LogP contribution in [0.2, 0.25) is 0 Å². The highest BCUT2D eigenvalue weighted by molar-refractivity contribution is 6.04. The first-order chi connectivity index (χ1) is 14.1. The summed E-state index contributed by atoms with van der Waals surface area (Å²) in [5.41, 5.74) is 2.64. The number of carbonyl (C=O) groups is 2. The lowest BCUT2D eigenvalue weighted by Crippen LogP contribution is -2.22. The third-order valence-corrected chi connectivity index (χ3v) is 4.44. The molecule has 2 heterocycles. The van der Waals surface area contributed by atoms with E-state index in [-0.39, 0.29) is 11.5 Å². The van der Waals surface area contributed by atoms with Gasteiger partial charge >= 0.3 is 0 Å². The number of fused-ring (bicyclic) bond motifs is 1. The van der Waals surface area contributed by atoms with Crippen molar-refractivity contribution in [1.29, 1.82) is 0 Å². The van der Waals surface area contributed by atoms with E-state index < -0.39 is 11.7 Å². The number of pyridine rings is 1. The third kappa shape index (κ3) is 4.14. The first-order valence-corrected chi connectivity index (χ1v) is 8.96. The van der Waals surface area contributed by atoms with Crippen LogP contribution in [0.3, 0.4) is 0 Å². The second-order valence-electron chi connectivity index (χ2n) is 6.42. The number of imidazole rings is 1. The van der Waals surface area contributed by atoms with Crippen LogP contribution < -0.4 is 10.6 Å². The van der Waals surface area contributed by atoms with Crippen molar-refractivity contribution < 1.29 is 14.0 Å². The molecule has 0 atom stereocenters. The van der Waals surface area contributed by atoms with Gasteiger partial charge in [-0.2, -0.15) is 0 Å². The highest BCUT2D eigenvalue weighted by Gasteiger charge is 2.11. The summed E-state index contributed by atoms with van der Waals surface area (Å²) < 4.78 is 15.6. The summed E-state index contributed by atoms with van der Waals surface area (Å²) in [6.45, 7) is 0.369. The van der Waals surface area contributed by atoms with E-state index >= 15 is 0 Å². The standard InChI is InChI=1S/C22H17FN4O2/c23-19-4-2-1-3-18(19)22(29)26-17-7-5-16(6-8-17)21(28)25-14-15-9-11-27-12-10-24-20(27)13-15/h1-13H,14H2,(H,25,28)(H,26,29). The van der Waals surface area contributed by atoms with Gasteiger partial charge in [0.2, 0.25) is 0 Å². The van der Waals surface area contributed by atoms with Crippen LogP contribution in [0.1, 0.15) is 26.3 Å². The maximum Gasteiger partial charge on any atom is 0.258 e. The normalized spacial score (nSPS) is 10.7. The molecule has 0 aliphatic heterocycles. The molecular weight excluding hydrogens is 371 g/mol. The van der Waals surface area contributed by atoms with Gasteiger partial charge in [-0.3, -0.25) is 9.59 Å². The number of hydrogen-bond donors (Lipinski definition) is 2. The Kier molecular flexibility index (Phi) is 5.03. The average Bonchev–Trinajstić information content (AvgIpc) is 3.20. The zero-order chi connectivity index (χ0) is 20.2. The van der Waals surface area contributed by atoms with Crippen molar-refractivity contribution in [2.45, 2.75) is 6.54 Å². The molecule has 0 aliphatic rings. The molecule has 0 fully saturated rings. The molecule has 2 aromatic carbocycles. The highest BCUT2D eigenvalue weighted by atomic mass is 19.1. The number of anilines is 1. The first-order valence-electron chi connectivity index (χ1n) is 8.96. The fourth-order valence-electron chi connectivity index (χ4n) is 2.90. The van der Waals surface area contributed by atoms with Gasteiger partial charge in [-0.15, -0.1) is 0 Å². The summed E-state index contributed by atoms with van der Waals surface area (Å²) in [6, 6.07) is 16.0. The summed E-state index contributed by atoms with van der Waals surface area (Å²) >= 11 is 0. The van der Waals surface area contributed by atoms with Crippen LogP contribution in [0, 0.1) is 5.82 Å². The number of nitrogens with one attached hydrogen (secondary N) is 2. The summed E-state index contributed by atoms with van der Waals surface area (Å²) in [5, 5.41) is 5.47. The minimum Gasteiger partial charge on any atom is -0.348 e. The van der Waals surface area contributed by atoms with Gasteiger partial charge in [0.25, 0.3) is 11.8 Å². The minimum atomic E-state index is -0.588. The van der Waals surface area contributed by atoms with Crippen LogP contribution in [-0.4, -0.2) is 21.2 Å². The van der Waals surface area contributed by atoms with E-state index in [9.17, 15) is 14.0 Å². The second-order valence-corrected chi connectivity index (χ2v) is 6.42. The van der Waals surface area contributed by atoms with E-state index in [4.69, 9.17) is 0 Å². The maximum atomic E-state index is 13.7. The monoisotopic (exact) mass is 388 g/mol. The summed E-state index contributed by atoms with van der Waals surface area (Å²) in [4.78, 5) is 28.7. The maximum absolute atomic E-state index is 13.7. The van der Waals surface area contributed by atoms with Crippen molar-refractivity contribution in [1.82, 2.24) is 14.7 Å². The molecule has 2 N–H and O–H groups in total. The van der Waals surface area contributed by atoms with Gasteiger partial charge in [-0.25, -0.2) is 9.37 Å². The number of rotatable bonds is 5. The van der Waals surface area contributed by atoms with Crippen LogP contribution in [0.5, 0.6) is 0 Å². The van der Waals surface area contributed by atoms with Crippen molar-refractivity contribution in [2.24, 2.45) is 0 Å². The van der Waals surface area contributed by atoms with E-state index in [1.54, 1.807) is 36.5 Å². The van der Waals surface area contributed by atoms with Gasteiger partial charge < -0.3 is 15.0 Å². The lowest BCUT2D eigenvalue weighted by molar-refractivity contribution is 0.0950. The molecule has 2 amide bonds. The van der Waals surface area contributed by atoms with Crippen molar-refractivity contribution in [3.63, 3.8) is 0 Å². The van der Waals surface area contributed by atoms with Crippen molar-refractivity contribution in [2.75, 3.05) is 5.32 Å². The molecule has 0 aliphatic carbocycles. The molecule has 6 nitrogen and oxygen atoms in total. The van der Waals surface area contributed by atoms with Crippen molar-refractivity contribution in [3.8, 4) is 0 Å². The molecule has 0 bridgehead atoms. The molecule has 29 heavy (non-hydrogen) atoms. The molecule has 7 heteroatoms. The highest BCUT2D eigenvalue weighted by Crippen LogP contribution is 2.14. The van der Waals surface area contributed by atoms with Crippen LogP contribution in [-0.2, 0) is 6.54 Å². The summed E-state index contributed by atoms with van der Waals surface area (Å²) in [5.74, 6) is -1.37. The molecule has 0 unspecified atom stereocenters. The average molecular weight is 388 g/mol. The summed E-state index contributed by atoms with van der Waals surface area (Å²) in [7, 11) is 0. The quantitative estimate of drug-likeness (QED) is 0.548. The SMILES string of the molecule is O=C(NCc1ccn2ccnc2c1)c1ccc(NC(=O)c2ccccc2F)cc1. The van der Waals surface area contributed by atoms with Crippen LogP contribution in [0.15, 0.2) is 79.3 Å². The first kappa shape index (κ1) is 18.4. The Morgan fingerprint density at radius 3 is 2.55 bits per heavy atom. The Labute approximate surface area is 166 Å². The number of amides is 2. The largest absolute Gasteiger partial charge is 0.348 e. The number of hydrogen-bond acceptors (Lipinski definition) is 3. The smallest absolute Gasteiger partial charge is 0.258 e. The lowest BCUT2D eigenvalue weighted by atomic mass is 10.1. The topological polar surface area (TPSA) is 75.5 Å². The minimum absolute atomic E-state index is 0.0382. The molecular formula is C22H17FN4O2. The van der Waals surface area contributed by atoms with Gasteiger partial charge in [-0.1, -0.05) is 12.1 Å². The number of benzene rings is 2. The Hall–Kier alpha value is -4.00. The number of halogens is 1. The van der Waals surface area contributed by atoms with E-state index in [0.29, 0.717) is 17.8 Å². The van der Waals surface area contributed by atoms with Crippen molar-refractivity contribution >= 4 is 23.1 Å². The zero-order valence-electron chi connectivity index (χ0n) is 15.3. The second kappa shape index (κ2) is 7.93. The summed E-state index contributed by atoms with van der Waals surface area (Å²) in [6.07, 6.45) is 5.45. The Morgan fingerprint density at radius 2 is 1.76 bits per heavy atom.